The van der Waals surface area contributed by atoms with Crippen LogP contribution in [-0.2, 0) is 0 Å². The lowest BCUT2D eigenvalue weighted by Gasteiger charge is -2.09. The van der Waals surface area contributed by atoms with Crippen molar-refractivity contribution in [1.29, 1.82) is 0 Å². The average Bonchev–Trinajstić information content (AvgIpc) is 2.37. The molecule has 0 aliphatic carbocycles. The van der Waals surface area contributed by atoms with Gasteiger partial charge in [-0.25, -0.2) is 4.39 Å². The molecule has 5 heteroatoms. The molecular weight excluding hydrogens is 252 g/mol. The van der Waals surface area contributed by atoms with Gasteiger partial charge in [0.05, 0.1) is 0 Å². The summed E-state index contributed by atoms with van der Waals surface area (Å²) in [6.45, 7) is 1.36. The summed E-state index contributed by atoms with van der Waals surface area (Å²) >= 11 is 0. The maximum atomic E-state index is 13.4. The van der Waals surface area contributed by atoms with Crippen LogP contribution in [-0.4, -0.2) is 5.78 Å². The number of nitrogen functional groups attached to an aromatic ring is 1. The van der Waals surface area contributed by atoms with E-state index in [0.29, 0.717) is 5.69 Å². The van der Waals surface area contributed by atoms with Gasteiger partial charge in [0.25, 0.3) is 0 Å². The first-order valence-corrected chi connectivity index (χ1v) is 5.51. The van der Waals surface area contributed by atoms with E-state index >= 15 is 0 Å². The minimum absolute atomic E-state index is 0.212. The Labute approximate surface area is 108 Å². The molecule has 0 bridgehead atoms. The van der Waals surface area contributed by atoms with E-state index in [1.165, 1.54) is 37.3 Å². The molecule has 0 amide bonds. The van der Waals surface area contributed by atoms with E-state index in [1.807, 2.05) is 0 Å². The quantitative estimate of drug-likeness (QED) is 0.680. The summed E-state index contributed by atoms with van der Waals surface area (Å²) in [6, 6.07) is 7.96. The smallest absolute Gasteiger partial charge is 0.201 e. The Morgan fingerprint density at radius 2 is 1.95 bits per heavy atom. The third kappa shape index (κ3) is 2.70. The fourth-order valence-corrected chi connectivity index (χ4v) is 1.59. The van der Waals surface area contributed by atoms with Gasteiger partial charge in [-0.05, 0) is 37.3 Å². The molecule has 0 fully saturated rings. The van der Waals surface area contributed by atoms with Gasteiger partial charge in [-0.1, -0.05) is 6.07 Å². The number of rotatable bonds is 3. The van der Waals surface area contributed by atoms with Crippen molar-refractivity contribution in [2.75, 3.05) is 5.73 Å². The number of Topliss-reactive ketones (excluding diaryl/α,β-unsaturated/α-hetero) is 1. The molecule has 0 unspecified atom stereocenters. The van der Waals surface area contributed by atoms with Crippen molar-refractivity contribution in [3.8, 4) is 11.5 Å². The number of benzene rings is 2. The number of hydrogen-bond acceptors (Lipinski definition) is 3. The zero-order valence-electron chi connectivity index (χ0n) is 10.1. The van der Waals surface area contributed by atoms with Crippen LogP contribution in [0.3, 0.4) is 0 Å². The molecule has 0 saturated heterocycles. The Morgan fingerprint density at radius 1 is 1.21 bits per heavy atom. The van der Waals surface area contributed by atoms with Crippen LogP contribution in [0, 0.1) is 11.6 Å². The van der Waals surface area contributed by atoms with Gasteiger partial charge in [0, 0.05) is 11.3 Å². The van der Waals surface area contributed by atoms with Crippen LogP contribution in [0.5, 0.6) is 11.5 Å². The van der Waals surface area contributed by atoms with E-state index in [4.69, 9.17) is 10.5 Å². The average molecular weight is 263 g/mol. The molecule has 19 heavy (non-hydrogen) atoms. The molecule has 0 aromatic heterocycles. The van der Waals surface area contributed by atoms with Crippen LogP contribution in [0.15, 0.2) is 36.4 Å². The van der Waals surface area contributed by atoms with E-state index in [0.717, 1.165) is 6.07 Å². The summed E-state index contributed by atoms with van der Waals surface area (Å²) in [7, 11) is 0. The summed E-state index contributed by atoms with van der Waals surface area (Å²) < 4.78 is 31.7. The minimum Gasteiger partial charge on any atom is -0.454 e. The first-order valence-electron chi connectivity index (χ1n) is 5.51. The van der Waals surface area contributed by atoms with Gasteiger partial charge in [-0.15, -0.1) is 0 Å². The Morgan fingerprint density at radius 3 is 2.63 bits per heavy atom. The fraction of sp³-hybridized carbons (Fsp3) is 0.0714. The molecule has 2 N–H and O–H groups in total. The summed E-state index contributed by atoms with van der Waals surface area (Å²) in [6.07, 6.45) is 0. The van der Waals surface area contributed by atoms with Gasteiger partial charge >= 0.3 is 0 Å². The molecule has 0 atom stereocenters. The summed E-state index contributed by atoms with van der Waals surface area (Å²) in [5.41, 5.74) is 6.20. The van der Waals surface area contributed by atoms with Crippen molar-refractivity contribution in [3.63, 3.8) is 0 Å². The monoisotopic (exact) mass is 263 g/mol. The number of anilines is 1. The van der Waals surface area contributed by atoms with Crippen LogP contribution in [0.4, 0.5) is 14.5 Å². The van der Waals surface area contributed by atoms with Gasteiger partial charge in [-0.2, -0.15) is 4.39 Å². The van der Waals surface area contributed by atoms with Gasteiger partial charge in [0.1, 0.15) is 5.75 Å². The number of ketones is 1. The fourth-order valence-electron chi connectivity index (χ4n) is 1.59. The largest absolute Gasteiger partial charge is 0.454 e. The van der Waals surface area contributed by atoms with Crippen molar-refractivity contribution < 1.29 is 18.3 Å². The summed E-state index contributed by atoms with van der Waals surface area (Å²) in [4.78, 5) is 11.3. The zero-order chi connectivity index (χ0) is 14.0. The highest BCUT2D eigenvalue weighted by Gasteiger charge is 2.11. The van der Waals surface area contributed by atoms with Gasteiger partial charge in [-0.3, -0.25) is 4.79 Å². The number of carbonyl (C=O) groups is 1. The topological polar surface area (TPSA) is 52.3 Å². The molecule has 0 aliphatic rings. The first kappa shape index (κ1) is 13.0. The van der Waals surface area contributed by atoms with Gasteiger partial charge < -0.3 is 10.5 Å². The second kappa shape index (κ2) is 5.06. The Bertz CT molecular complexity index is 641. The molecule has 0 radical (unpaired) electrons. The highest BCUT2D eigenvalue weighted by Crippen LogP contribution is 2.28. The Kier molecular flexibility index (Phi) is 3.46. The number of nitrogens with two attached hydrogens (primary N) is 1. The normalized spacial score (nSPS) is 10.3. The first-order chi connectivity index (χ1) is 8.99. The highest BCUT2D eigenvalue weighted by atomic mass is 19.2. The van der Waals surface area contributed by atoms with Crippen LogP contribution >= 0.6 is 0 Å². The zero-order valence-corrected chi connectivity index (χ0v) is 10.1. The van der Waals surface area contributed by atoms with E-state index in [2.05, 4.69) is 0 Å². The SMILES string of the molecule is CC(=O)c1cc(Oc2cccc(F)c2F)ccc1N. The maximum Gasteiger partial charge on any atom is 0.201 e. The number of ether oxygens (including phenoxy) is 1. The lowest BCUT2D eigenvalue weighted by Crippen LogP contribution is -2.00. The second-order valence-corrected chi connectivity index (χ2v) is 3.96. The summed E-state index contributed by atoms with van der Waals surface area (Å²) in [5, 5.41) is 0. The molecule has 0 saturated carbocycles. The Balaban J connectivity index is 2.36. The molecule has 0 spiro atoms. The highest BCUT2D eigenvalue weighted by molar-refractivity contribution is 5.99. The van der Waals surface area contributed by atoms with Crippen molar-refractivity contribution in [3.05, 3.63) is 53.6 Å². The van der Waals surface area contributed by atoms with Crippen LogP contribution in [0.2, 0.25) is 0 Å². The van der Waals surface area contributed by atoms with Crippen LogP contribution in [0.25, 0.3) is 0 Å². The second-order valence-electron chi connectivity index (χ2n) is 3.96. The summed E-state index contributed by atoms with van der Waals surface area (Å²) in [5.74, 6) is -2.35. The van der Waals surface area contributed by atoms with Crippen LogP contribution < -0.4 is 10.5 Å². The predicted molar refractivity (Wildman–Crippen MR) is 67.3 cm³/mol. The molecule has 3 nitrogen and oxygen atoms in total. The van der Waals surface area contributed by atoms with Crippen LogP contribution in [0.1, 0.15) is 17.3 Å². The van der Waals surface area contributed by atoms with E-state index in [-0.39, 0.29) is 22.8 Å². The molecule has 98 valence electrons. The maximum absolute atomic E-state index is 13.4. The van der Waals surface area contributed by atoms with Gasteiger partial charge in [0.2, 0.25) is 5.82 Å². The van der Waals surface area contributed by atoms with Crippen molar-refractivity contribution in [2.24, 2.45) is 0 Å². The molecule has 2 aromatic rings. The minimum atomic E-state index is -1.08. The van der Waals surface area contributed by atoms with Crippen molar-refractivity contribution >= 4 is 11.5 Å². The van der Waals surface area contributed by atoms with E-state index in [1.54, 1.807) is 0 Å². The molecule has 0 heterocycles. The Hall–Kier alpha value is -2.43. The van der Waals surface area contributed by atoms with E-state index < -0.39 is 11.6 Å². The number of halogens is 2. The standard InChI is InChI=1S/C14H11F2NO2/c1-8(18)10-7-9(5-6-12(10)17)19-13-4-2-3-11(15)14(13)16/h2-7H,17H2,1H3. The predicted octanol–water partition coefficient (Wildman–Crippen LogP) is 3.54. The molecule has 2 rings (SSSR count). The van der Waals surface area contributed by atoms with Crippen molar-refractivity contribution in [2.45, 2.75) is 6.92 Å². The molecule has 0 aliphatic heterocycles. The number of carbonyl (C=O) groups excluding carboxylic acids is 1. The third-order valence-corrected chi connectivity index (χ3v) is 2.55. The van der Waals surface area contributed by atoms with E-state index in [9.17, 15) is 13.6 Å². The molecular formula is C14H11F2NO2. The van der Waals surface area contributed by atoms with Gasteiger partial charge in [0.15, 0.2) is 17.3 Å². The molecule has 2 aromatic carbocycles. The third-order valence-electron chi connectivity index (χ3n) is 2.55. The number of hydrogen-bond donors (Lipinski definition) is 1. The van der Waals surface area contributed by atoms with Crippen molar-refractivity contribution in [1.82, 2.24) is 0 Å². The lowest BCUT2D eigenvalue weighted by molar-refractivity contribution is 0.101. The lowest BCUT2D eigenvalue weighted by atomic mass is 10.1.